The summed E-state index contributed by atoms with van der Waals surface area (Å²) in [6.07, 6.45) is 7.00. The lowest BCUT2D eigenvalue weighted by Gasteiger charge is -2.18. The minimum Gasteiger partial charge on any atom is -0.499 e. The Kier molecular flexibility index (Phi) is 5.85. The van der Waals surface area contributed by atoms with E-state index in [1.54, 1.807) is 13.3 Å². The Morgan fingerprint density at radius 3 is 2.94 bits per heavy atom. The van der Waals surface area contributed by atoms with Crippen molar-refractivity contribution in [1.82, 2.24) is 8.75 Å². The van der Waals surface area contributed by atoms with Gasteiger partial charge in [-0.1, -0.05) is 20.3 Å². The first-order valence-corrected chi connectivity index (χ1v) is 6.33. The monoisotopic (exact) mass is 241 g/mol. The first-order valence-electron chi connectivity index (χ1n) is 5.59. The van der Waals surface area contributed by atoms with Crippen LogP contribution in [0.3, 0.4) is 0 Å². The van der Waals surface area contributed by atoms with Crippen LogP contribution in [0.5, 0.6) is 0 Å². The molecule has 0 aromatic carbocycles. The summed E-state index contributed by atoms with van der Waals surface area (Å²) >= 11 is 1.21. The molecule has 5 heteroatoms. The summed E-state index contributed by atoms with van der Waals surface area (Å²) in [5, 5.41) is 3.31. The number of nitrogens with one attached hydrogen (secondary N) is 1. The maximum atomic E-state index is 5.41. The van der Waals surface area contributed by atoms with E-state index >= 15 is 0 Å². The van der Waals surface area contributed by atoms with Gasteiger partial charge in [0, 0.05) is 0 Å². The van der Waals surface area contributed by atoms with Crippen molar-refractivity contribution in [2.75, 3.05) is 12.4 Å². The van der Waals surface area contributed by atoms with Gasteiger partial charge in [0.15, 0.2) is 5.82 Å². The molecule has 90 valence electrons. The molecule has 0 radical (unpaired) electrons. The van der Waals surface area contributed by atoms with Gasteiger partial charge in [-0.05, 0) is 18.9 Å². The van der Waals surface area contributed by atoms with Crippen molar-refractivity contribution in [2.24, 2.45) is 0 Å². The van der Waals surface area contributed by atoms with Crippen molar-refractivity contribution in [3.63, 3.8) is 0 Å². The third kappa shape index (κ3) is 3.81. The molecular formula is C11H19N3OS. The van der Waals surface area contributed by atoms with E-state index in [9.17, 15) is 0 Å². The van der Waals surface area contributed by atoms with Crippen molar-refractivity contribution in [2.45, 2.75) is 39.2 Å². The molecule has 0 saturated heterocycles. The highest BCUT2D eigenvalue weighted by molar-refractivity contribution is 6.99. The summed E-state index contributed by atoms with van der Waals surface area (Å²) in [6.45, 7) is 4.28. The van der Waals surface area contributed by atoms with Crippen molar-refractivity contribution in [3.8, 4) is 0 Å². The lowest BCUT2D eigenvalue weighted by molar-refractivity contribution is 0.265. The van der Waals surface area contributed by atoms with Gasteiger partial charge in [-0.25, -0.2) is 0 Å². The van der Waals surface area contributed by atoms with Gasteiger partial charge in [0.25, 0.3) is 0 Å². The molecule has 0 unspecified atom stereocenters. The predicted octanol–water partition coefficient (Wildman–Crippen LogP) is 3.06. The number of unbranched alkanes of at least 4 members (excludes halogenated alkanes) is 1. The molecule has 4 nitrogen and oxygen atoms in total. The number of nitrogens with zero attached hydrogens (tertiary/aromatic N) is 2. The lowest BCUT2D eigenvalue weighted by atomic mass is 10.1. The zero-order valence-corrected chi connectivity index (χ0v) is 10.9. The van der Waals surface area contributed by atoms with Crippen LogP contribution >= 0.6 is 11.7 Å². The Hall–Kier alpha value is -1.10. The summed E-state index contributed by atoms with van der Waals surface area (Å²) in [7, 11) is 1.71. The number of aromatic nitrogens is 2. The average molecular weight is 241 g/mol. The molecule has 1 aromatic heterocycles. The molecule has 0 bridgehead atoms. The second-order valence-corrected chi connectivity index (χ2v) is 4.05. The zero-order valence-electron chi connectivity index (χ0n) is 10.1. The summed E-state index contributed by atoms with van der Waals surface area (Å²) in [6, 6.07) is 0.181. The molecule has 0 fully saturated rings. The highest BCUT2D eigenvalue weighted by Gasteiger charge is 2.13. The topological polar surface area (TPSA) is 47.0 Å². The quantitative estimate of drug-likeness (QED) is 0.745. The van der Waals surface area contributed by atoms with Crippen LogP contribution in [0.2, 0.25) is 0 Å². The van der Waals surface area contributed by atoms with Gasteiger partial charge in [0.1, 0.15) is 5.76 Å². The fraction of sp³-hybridized carbons (Fsp3) is 0.636. The predicted molar refractivity (Wildman–Crippen MR) is 67.6 cm³/mol. The van der Waals surface area contributed by atoms with Crippen molar-refractivity contribution in [3.05, 3.63) is 18.0 Å². The van der Waals surface area contributed by atoms with Gasteiger partial charge >= 0.3 is 0 Å². The molecule has 16 heavy (non-hydrogen) atoms. The van der Waals surface area contributed by atoms with Crippen LogP contribution in [0, 0.1) is 0 Å². The van der Waals surface area contributed by atoms with Gasteiger partial charge in [0.05, 0.1) is 31.1 Å². The summed E-state index contributed by atoms with van der Waals surface area (Å²) in [4.78, 5) is 0. The first kappa shape index (κ1) is 13.0. The largest absolute Gasteiger partial charge is 0.499 e. The van der Waals surface area contributed by atoms with E-state index in [4.69, 9.17) is 4.74 Å². The van der Waals surface area contributed by atoms with E-state index < -0.39 is 0 Å². The molecule has 0 saturated carbocycles. The van der Waals surface area contributed by atoms with Crippen LogP contribution in [0.1, 0.15) is 33.1 Å². The molecule has 0 aliphatic heterocycles. The molecule has 1 N–H and O–H groups in total. The Morgan fingerprint density at radius 2 is 2.44 bits per heavy atom. The minimum atomic E-state index is 0.181. The summed E-state index contributed by atoms with van der Waals surface area (Å²) < 4.78 is 13.5. The average Bonchev–Trinajstić information content (AvgIpc) is 2.81. The highest BCUT2D eigenvalue weighted by atomic mass is 32.1. The first-order chi connectivity index (χ1) is 7.81. The Labute approximate surface area is 101 Å². The lowest BCUT2D eigenvalue weighted by Crippen LogP contribution is -2.22. The number of allylic oxidation sites excluding steroid dienone is 1. The van der Waals surface area contributed by atoms with E-state index in [0.717, 1.165) is 30.8 Å². The second-order valence-electron chi connectivity index (χ2n) is 3.50. The van der Waals surface area contributed by atoms with Gasteiger partial charge in [0.2, 0.25) is 0 Å². The normalized spacial score (nSPS) is 13.6. The van der Waals surface area contributed by atoms with E-state index in [1.165, 1.54) is 11.7 Å². The highest BCUT2D eigenvalue weighted by Crippen LogP contribution is 2.15. The molecule has 1 aromatic rings. The van der Waals surface area contributed by atoms with Crippen molar-refractivity contribution in [1.29, 1.82) is 0 Å². The van der Waals surface area contributed by atoms with Crippen LogP contribution in [-0.2, 0) is 4.74 Å². The van der Waals surface area contributed by atoms with Crippen LogP contribution in [0.15, 0.2) is 18.0 Å². The van der Waals surface area contributed by atoms with Crippen molar-refractivity contribution >= 4 is 17.5 Å². The van der Waals surface area contributed by atoms with Gasteiger partial charge in [-0.2, -0.15) is 8.75 Å². The molecule has 1 rings (SSSR count). The van der Waals surface area contributed by atoms with Gasteiger partial charge in [-0.15, -0.1) is 0 Å². The fourth-order valence-electron chi connectivity index (χ4n) is 1.44. The van der Waals surface area contributed by atoms with Crippen LogP contribution < -0.4 is 5.32 Å². The van der Waals surface area contributed by atoms with Gasteiger partial charge in [-0.3, -0.25) is 0 Å². The number of hydrogen-bond donors (Lipinski definition) is 1. The third-order valence-electron chi connectivity index (χ3n) is 2.31. The SMILES string of the molecule is CCC/C=C(\OC)[C@@H](CC)Nc1cnsn1. The van der Waals surface area contributed by atoms with Crippen molar-refractivity contribution < 1.29 is 4.74 Å². The second kappa shape index (κ2) is 7.22. The number of hydrogen-bond acceptors (Lipinski definition) is 5. The zero-order chi connectivity index (χ0) is 11.8. The fourth-order valence-corrected chi connectivity index (χ4v) is 1.82. The Balaban J connectivity index is 2.64. The standard InChI is InChI=1S/C11H19N3OS/c1-4-6-7-10(15-3)9(5-2)13-11-8-12-16-14-11/h7-9H,4-6H2,1-3H3,(H,13,14)/b10-7-/t9-/m1/s1. The number of rotatable bonds is 7. The molecule has 0 aliphatic carbocycles. The molecular weight excluding hydrogens is 222 g/mol. The molecule has 0 amide bonds. The van der Waals surface area contributed by atoms with Gasteiger partial charge < -0.3 is 10.1 Å². The van der Waals surface area contributed by atoms with E-state index in [0.29, 0.717) is 0 Å². The number of ether oxygens (including phenoxy) is 1. The molecule has 0 spiro atoms. The smallest absolute Gasteiger partial charge is 0.160 e. The number of methoxy groups -OCH3 is 1. The summed E-state index contributed by atoms with van der Waals surface area (Å²) in [5.41, 5.74) is 0. The van der Waals surface area contributed by atoms with E-state index in [-0.39, 0.29) is 6.04 Å². The minimum absolute atomic E-state index is 0.181. The summed E-state index contributed by atoms with van der Waals surface area (Å²) in [5.74, 6) is 1.80. The molecule has 0 aliphatic rings. The Bertz CT molecular complexity index is 311. The Morgan fingerprint density at radius 1 is 1.62 bits per heavy atom. The maximum absolute atomic E-state index is 5.41. The van der Waals surface area contributed by atoms with E-state index in [2.05, 4.69) is 34.0 Å². The number of anilines is 1. The van der Waals surface area contributed by atoms with Crippen LogP contribution in [0.25, 0.3) is 0 Å². The third-order valence-corrected chi connectivity index (χ3v) is 2.78. The molecule has 1 atom stereocenters. The molecule has 1 heterocycles. The van der Waals surface area contributed by atoms with Crippen LogP contribution in [0.4, 0.5) is 5.82 Å². The van der Waals surface area contributed by atoms with E-state index in [1.807, 2.05) is 0 Å². The maximum Gasteiger partial charge on any atom is 0.160 e. The van der Waals surface area contributed by atoms with Crippen LogP contribution in [-0.4, -0.2) is 21.9 Å².